The fourth-order valence-electron chi connectivity index (χ4n) is 8.54. The Morgan fingerprint density at radius 2 is 1.73 bits per heavy atom. The van der Waals surface area contributed by atoms with Crippen LogP contribution >= 0.6 is 0 Å². The summed E-state index contributed by atoms with van der Waals surface area (Å²) in [4.78, 5) is 37.6. The van der Waals surface area contributed by atoms with Gasteiger partial charge in [0.15, 0.2) is 0 Å². The number of nitrogens with one attached hydrogen (secondary N) is 1. The minimum absolute atomic E-state index is 0.0489. The molecule has 2 heterocycles. The highest BCUT2D eigenvalue weighted by Gasteiger charge is 2.57. The van der Waals surface area contributed by atoms with Crippen LogP contribution in [0.2, 0.25) is 0 Å². The number of aliphatic hydroxyl groups is 2. The maximum absolute atomic E-state index is 14.0. The number of fused-ring (bicyclic) bond motifs is 2. The molecule has 244 valence electrons. The number of carbonyl (C=O) groups excluding carboxylic acids is 2. The third-order valence-electron chi connectivity index (χ3n) is 11.6. The number of rotatable bonds is 8. The smallest absolute Gasteiger partial charge is 0.253 e. The molecule has 5 aliphatic rings. The van der Waals surface area contributed by atoms with E-state index in [1.54, 1.807) is 12.0 Å². The number of nitrogens with zero attached hydrogens (tertiary/aromatic N) is 3. The molecule has 3 saturated carbocycles. The lowest BCUT2D eigenvalue weighted by Crippen LogP contribution is -2.62. The van der Waals surface area contributed by atoms with Gasteiger partial charge in [0, 0.05) is 43.7 Å². The van der Waals surface area contributed by atoms with Gasteiger partial charge in [-0.25, -0.2) is 0 Å². The van der Waals surface area contributed by atoms with Crippen molar-refractivity contribution in [1.82, 2.24) is 20.2 Å². The number of amides is 2. The molecular formula is C36H50N4O5. The Morgan fingerprint density at radius 3 is 2.38 bits per heavy atom. The van der Waals surface area contributed by atoms with Crippen LogP contribution in [-0.2, 0) is 16.2 Å². The summed E-state index contributed by atoms with van der Waals surface area (Å²) in [5, 5.41) is 25.9. The topological polar surface area (TPSA) is 106 Å². The average molecular weight is 619 g/mol. The average Bonchev–Trinajstić information content (AvgIpc) is 3.40. The summed E-state index contributed by atoms with van der Waals surface area (Å²) in [5.74, 6) is 0.898. The first-order valence-electron chi connectivity index (χ1n) is 16.7. The Hall–Kier alpha value is -2.82. The molecule has 0 spiro atoms. The number of hydrogen-bond acceptors (Lipinski definition) is 7. The lowest BCUT2D eigenvalue weighted by molar-refractivity contribution is -0.183. The monoisotopic (exact) mass is 618 g/mol. The summed E-state index contributed by atoms with van der Waals surface area (Å²) >= 11 is 0. The van der Waals surface area contributed by atoms with Crippen LogP contribution in [0.4, 0.5) is 0 Å². The van der Waals surface area contributed by atoms with Crippen LogP contribution < -0.4 is 5.32 Å². The van der Waals surface area contributed by atoms with Crippen LogP contribution in [0, 0.1) is 29.1 Å². The molecule has 2 saturated heterocycles. The molecule has 2 aromatic carbocycles. The number of hydrogen-bond donors (Lipinski definition) is 3. The molecular weight excluding hydrogens is 568 g/mol. The van der Waals surface area contributed by atoms with Gasteiger partial charge in [-0.2, -0.15) is 5.06 Å². The third-order valence-corrected chi connectivity index (χ3v) is 11.6. The fraction of sp³-hybridized carbons (Fsp3) is 0.611. The van der Waals surface area contributed by atoms with Crippen LogP contribution in [0.3, 0.4) is 0 Å². The largest absolute Gasteiger partial charge is 0.394 e. The van der Waals surface area contributed by atoms with E-state index in [1.807, 2.05) is 47.4 Å². The summed E-state index contributed by atoms with van der Waals surface area (Å²) in [6.45, 7) is 11.8. The van der Waals surface area contributed by atoms with Crippen molar-refractivity contribution >= 4 is 11.8 Å². The highest BCUT2D eigenvalue weighted by atomic mass is 16.7. The minimum atomic E-state index is -0.842. The van der Waals surface area contributed by atoms with Gasteiger partial charge in [-0.1, -0.05) is 51.1 Å². The van der Waals surface area contributed by atoms with Gasteiger partial charge >= 0.3 is 0 Å². The van der Waals surface area contributed by atoms with Crippen molar-refractivity contribution in [2.24, 2.45) is 29.1 Å². The van der Waals surface area contributed by atoms with Crippen molar-refractivity contribution in [2.75, 3.05) is 39.8 Å². The second-order valence-electron chi connectivity index (χ2n) is 14.6. The molecule has 9 nitrogen and oxygen atoms in total. The Bertz CT molecular complexity index is 1390. The van der Waals surface area contributed by atoms with E-state index in [2.05, 4.69) is 44.1 Å². The maximum atomic E-state index is 14.0. The molecule has 3 aliphatic carbocycles. The van der Waals surface area contributed by atoms with E-state index in [0.717, 1.165) is 49.3 Å². The normalized spacial score (nSPS) is 32.2. The zero-order valence-electron chi connectivity index (χ0n) is 27.4. The Labute approximate surface area is 267 Å². The Kier molecular flexibility index (Phi) is 9.11. The summed E-state index contributed by atoms with van der Waals surface area (Å²) in [5.41, 5.74) is 3.82. The number of carbonyl (C=O) groups is 2. The van der Waals surface area contributed by atoms with Gasteiger partial charge < -0.3 is 25.3 Å². The van der Waals surface area contributed by atoms with E-state index in [4.69, 9.17) is 4.84 Å². The molecule has 0 radical (unpaired) electrons. The van der Waals surface area contributed by atoms with Crippen LogP contribution in [0.5, 0.6) is 0 Å². The van der Waals surface area contributed by atoms with Gasteiger partial charge in [-0.05, 0) is 84.9 Å². The maximum Gasteiger partial charge on any atom is 0.253 e. The minimum Gasteiger partial charge on any atom is -0.394 e. The molecule has 45 heavy (non-hydrogen) atoms. The third kappa shape index (κ3) is 6.17. The zero-order chi connectivity index (χ0) is 32.0. The standard InChI is InChI=1S/C36H50N4O5/c1-22-29-18-28(36(29,3)4)19-30(22)37-34(43)33-32(23(2)42)31(21-41)45-40(33)20-24-8-6-9-25(16-24)26-10-7-11-27(17-26)35(44)39-14-12-38(5)13-15-39/h6-11,16-17,22-23,28-33,41-42H,12-15,18-21H2,1-5H3,(H,37,43)/t22-,23-,28+,29-,30-,31-,32+,33?/m0/s1. The summed E-state index contributed by atoms with van der Waals surface area (Å²) in [6.07, 6.45) is 0.666. The fourth-order valence-corrected chi connectivity index (χ4v) is 8.54. The van der Waals surface area contributed by atoms with Crippen LogP contribution in [0.15, 0.2) is 48.5 Å². The number of aliphatic hydroxyl groups excluding tert-OH is 2. The first kappa shape index (κ1) is 32.1. The van der Waals surface area contributed by atoms with E-state index in [9.17, 15) is 19.8 Å². The molecule has 0 aromatic heterocycles. The molecule has 2 bridgehead atoms. The highest BCUT2D eigenvalue weighted by molar-refractivity contribution is 5.95. The van der Waals surface area contributed by atoms with E-state index >= 15 is 0 Å². The van der Waals surface area contributed by atoms with Crippen molar-refractivity contribution < 1.29 is 24.6 Å². The number of hydroxylamine groups is 2. The van der Waals surface area contributed by atoms with Gasteiger partial charge in [0.05, 0.1) is 19.3 Å². The Morgan fingerprint density at radius 1 is 1.04 bits per heavy atom. The molecule has 3 N–H and O–H groups in total. The van der Waals surface area contributed by atoms with E-state index in [0.29, 0.717) is 35.3 Å². The van der Waals surface area contributed by atoms with Gasteiger partial charge in [0.25, 0.3) is 5.91 Å². The molecule has 2 aromatic rings. The van der Waals surface area contributed by atoms with Gasteiger partial charge in [0.2, 0.25) is 5.91 Å². The number of benzene rings is 2. The van der Waals surface area contributed by atoms with Crippen molar-refractivity contribution in [3.63, 3.8) is 0 Å². The molecule has 5 fully saturated rings. The highest BCUT2D eigenvalue weighted by Crippen LogP contribution is 2.61. The summed E-state index contributed by atoms with van der Waals surface area (Å²) in [6, 6.07) is 15.1. The van der Waals surface area contributed by atoms with Crippen molar-refractivity contribution in [3.05, 3.63) is 59.7 Å². The SMILES string of the molecule is C[C@@H]1[C@@H](NC(=O)C2[C@H]([C@H](C)O)[C@H](CO)ON2Cc2cccc(-c3cccc(C(=O)N4CCN(C)CC4)c3)c2)C[C@H]2C[C@@H]1C2(C)C. The van der Waals surface area contributed by atoms with Crippen molar-refractivity contribution in [2.45, 2.75) is 71.4 Å². The van der Waals surface area contributed by atoms with E-state index in [1.165, 1.54) is 6.42 Å². The van der Waals surface area contributed by atoms with Gasteiger partial charge in [-0.3, -0.25) is 14.4 Å². The second-order valence-corrected chi connectivity index (χ2v) is 14.6. The second kappa shape index (κ2) is 12.8. The summed E-state index contributed by atoms with van der Waals surface area (Å²) < 4.78 is 0. The predicted octanol–water partition coefficient (Wildman–Crippen LogP) is 3.40. The van der Waals surface area contributed by atoms with E-state index < -0.39 is 24.2 Å². The lowest BCUT2D eigenvalue weighted by Gasteiger charge is -2.62. The first-order valence-corrected chi connectivity index (χ1v) is 16.7. The van der Waals surface area contributed by atoms with Crippen LogP contribution in [-0.4, -0.2) is 101 Å². The van der Waals surface area contributed by atoms with Crippen molar-refractivity contribution in [3.8, 4) is 11.1 Å². The van der Waals surface area contributed by atoms with Crippen LogP contribution in [0.1, 0.15) is 56.5 Å². The van der Waals surface area contributed by atoms with Crippen molar-refractivity contribution in [1.29, 1.82) is 0 Å². The molecule has 2 amide bonds. The van der Waals surface area contributed by atoms with Gasteiger partial charge in [0.1, 0.15) is 12.1 Å². The first-order chi connectivity index (χ1) is 21.5. The predicted molar refractivity (Wildman–Crippen MR) is 173 cm³/mol. The number of likely N-dealkylation sites (N-methyl/N-ethyl adjacent to an activating group) is 1. The molecule has 1 unspecified atom stereocenters. The van der Waals surface area contributed by atoms with E-state index in [-0.39, 0.29) is 24.5 Å². The zero-order valence-corrected chi connectivity index (χ0v) is 27.4. The molecule has 8 atom stereocenters. The van der Waals surface area contributed by atoms with Crippen LogP contribution in [0.25, 0.3) is 11.1 Å². The molecule has 2 aliphatic heterocycles. The molecule has 7 rings (SSSR count). The number of piperazine rings is 1. The summed E-state index contributed by atoms with van der Waals surface area (Å²) in [7, 11) is 2.07. The molecule has 9 heteroatoms. The lowest BCUT2D eigenvalue weighted by atomic mass is 9.45. The Balaban J connectivity index is 1.19. The van der Waals surface area contributed by atoms with Gasteiger partial charge in [-0.15, -0.1) is 0 Å². The quantitative estimate of drug-likeness (QED) is 0.417.